The molecule has 1 aromatic carbocycles. The summed E-state index contributed by atoms with van der Waals surface area (Å²) in [5.41, 5.74) is 1.71. The fourth-order valence-electron chi connectivity index (χ4n) is 2.45. The number of rotatable bonds is 10. The molecule has 7 heteroatoms. The summed E-state index contributed by atoms with van der Waals surface area (Å²) in [4.78, 5) is 27.5. The minimum atomic E-state index is -0.988. The largest absolute Gasteiger partial charge is 0.477 e. The Kier molecular flexibility index (Phi) is 7.74. The Balaban J connectivity index is 1.64. The van der Waals surface area contributed by atoms with Crippen LogP contribution >= 0.6 is 11.3 Å². The number of nitrogens with zero attached hydrogens (tertiary/aromatic N) is 1. The van der Waals surface area contributed by atoms with Gasteiger partial charge in [-0.3, -0.25) is 4.79 Å². The quantitative estimate of drug-likeness (QED) is 0.621. The number of hydrogen-bond acceptors (Lipinski definition) is 5. The topological polar surface area (TPSA) is 88.5 Å². The monoisotopic (exact) mass is 376 g/mol. The lowest BCUT2D eigenvalue weighted by atomic mass is 10.2. The number of benzene rings is 1. The maximum absolute atomic E-state index is 12.0. The van der Waals surface area contributed by atoms with Gasteiger partial charge in [0.25, 0.3) is 0 Å². The van der Waals surface area contributed by atoms with E-state index >= 15 is 0 Å². The van der Waals surface area contributed by atoms with Crippen LogP contribution in [0.2, 0.25) is 0 Å². The van der Waals surface area contributed by atoms with Crippen LogP contribution in [0, 0.1) is 6.92 Å². The molecule has 1 unspecified atom stereocenters. The maximum Gasteiger partial charge on any atom is 0.347 e. The number of carboxylic acids is 1. The Hall–Kier alpha value is -2.25. The van der Waals surface area contributed by atoms with Crippen LogP contribution in [0.3, 0.4) is 0 Å². The van der Waals surface area contributed by atoms with E-state index < -0.39 is 5.97 Å². The van der Waals surface area contributed by atoms with E-state index in [-0.39, 0.29) is 16.8 Å². The van der Waals surface area contributed by atoms with Gasteiger partial charge in [0.2, 0.25) is 5.91 Å². The second-order valence-corrected chi connectivity index (χ2v) is 7.04. The molecule has 0 saturated heterocycles. The minimum Gasteiger partial charge on any atom is -0.477 e. The van der Waals surface area contributed by atoms with Gasteiger partial charge in [0.15, 0.2) is 0 Å². The number of amides is 1. The lowest BCUT2D eigenvalue weighted by Gasteiger charge is -2.11. The Morgan fingerprint density at radius 3 is 2.65 bits per heavy atom. The molecule has 0 radical (unpaired) electrons. The molecule has 140 valence electrons. The van der Waals surface area contributed by atoms with E-state index in [4.69, 9.17) is 9.84 Å². The Labute approximate surface area is 157 Å². The first-order valence-corrected chi connectivity index (χ1v) is 9.40. The highest BCUT2D eigenvalue weighted by atomic mass is 32.1. The molecule has 0 aliphatic rings. The molecule has 0 aliphatic carbocycles. The molecule has 0 fully saturated rings. The average Bonchev–Trinajstić information content (AvgIpc) is 3.01. The Morgan fingerprint density at radius 1 is 1.27 bits per heavy atom. The molecular formula is C19H24N2O4S. The summed E-state index contributed by atoms with van der Waals surface area (Å²) in [6, 6.07) is 9.81. The highest BCUT2D eigenvalue weighted by Gasteiger charge is 2.18. The third-order valence-electron chi connectivity index (χ3n) is 3.83. The molecule has 2 N–H and O–H groups in total. The first-order chi connectivity index (χ1) is 12.5. The van der Waals surface area contributed by atoms with Crippen LogP contribution in [-0.2, 0) is 16.0 Å². The molecule has 0 saturated carbocycles. The lowest BCUT2D eigenvalue weighted by Crippen LogP contribution is -2.26. The number of aryl methyl sites for hydroxylation is 1. The predicted molar refractivity (Wildman–Crippen MR) is 101 cm³/mol. The van der Waals surface area contributed by atoms with Crippen molar-refractivity contribution >= 4 is 23.2 Å². The third-order valence-corrected chi connectivity index (χ3v) is 5.15. The van der Waals surface area contributed by atoms with E-state index in [1.165, 1.54) is 5.56 Å². The standard InChI is InChI=1S/C19H24N2O4S/c1-13-17(19(23)24)26-18(21-13)14(2)20-16(22)9-6-11-25-12-10-15-7-4-3-5-8-15/h3-5,7-8,14H,6,9-12H2,1-2H3,(H,20,22)(H,23,24). The lowest BCUT2D eigenvalue weighted by molar-refractivity contribution is -0.122. The van der Waals surface area contributed by atoms with Crippen molar-refractivity contribution in [1.29, 1.82) is 0 Å². The molecule has 1 amide bonds. The van der Waals surface area contributed by atoms with E-state index in [1.807, 2.05) is 18.2 Å². The summed E-state index contributed by atoms with van der Waals surface area (Å²) >= 11 is 1.10. The van der Waals surface area contributed by atoms with Crippen LogP contribution in [0.1, 0.15) is 51.7 Å². The van der Waals surface area contributed by atoms with Crippen molar-refractivity contribution in [3.8, 4) is 0 Å². The highest BCUT2D eigenvalue weighted by Crippen LogP contribution is 2.23. The summed E-state index contributed by atoms with van der Waals surface area (Å²) in [7, 11) is 0. The molecule has 1 aromatic heterocycles. The molecule has 2 rings (SSSR count). The van der Waals surface area contributed by atoms with E-state index in [2.05, 4.69) is 22.4 Å². The van der Waals surface area contributed by atoms with Gasteiger partial charge in [0.05, 0.1) is 18.3 Å². The third kappa shape index (κ3) is 6.24. The zero-order chi connectivity index (χ0) is 18.9. The van der Waals surface area contributed by atoms with Crippen molar-refractivity contribution < 1.29 is 19.4 Å². The average molecular weight is 376 g/mol. The molecule has 0 bridgehead atoms. The number of carbonyl (C=O) groups excluding carboxylic acids is 1. The first-order valence-electron chi connectivity index (χ1n) is 8.59. The van der Waals surface area contributed by atoms with Gasteiger partial charge < -0.3 is 15.2 Å². The summed E-state index contributed by atoms with van der Waals surface area (Å²) in [6.07, 6.45) is 1.87. The Morgan fingerprint density at radius 2 is 2.00 bits per heavy atom. The summed E-state index contributed by atoms with van der Waals surface area (Å²) in [6.45, 7) is 4.63. The number of nitrogens with one attached hydrogen (secondary N) is 1. The van der Waals surface area contributed by atoms with Crippen LogP contribution in [0.5, 0.6) is 0 Å². The number of thiazole rings is 1. The maximum atomic E-state index is 12.0. The van der Waals surface area contributed by atoms with Crippen LogP contribution in [0.25, 0.3) is 0 Å². The zero-order valence-electron chi connectivity index (χ0n) is 15.0. The first kappa shape index (κ1) is 20.1. The van der Waals surface area contributed by atoms with Gasteiger partial charge in [0.1, 0.15) is 9.88 Å². The molecule has 0 aliphatic heterocycles. The molecule has 1 atom stereocenters. The summed E-state index contributed by atoms with van der Waals surface area (Å²) in [5.74, 6) is -1.08. The number of carbonyl (C=O) groups is 2. The smallest absolute Gasteiger partial charge is 0.347 e. The van der Waals surface area contributed by atoms with Crippen molar-refractivity contribution in [3.05, 3.63) is 51.5 Å². The molecule has 6 nitrogen and oxygen atoms in total. The summed E-state index contributed by atoms with van der Waals surface area (Å²) < 4.78 is 5.57. The van der Waals surface area contributed by atoms with Gasteiger partial charge >= 0.3 is 5.97 Å². The number of ether oxygens (including phenoxy) is 1. The SMILES string of the molecule is Cc1nc(C(C)NC(=O)CCCOCCc2ccccc2)sc1C(=O)O. The van der Waals surface area contributed by atoms with Gasteiger partial charge in [0, 0.05) is 13.0 Å². The van der Waals surface area contributed by atoms with E-state index in [0.717, 1.165) is 17.8 Å². The van der Waals surface area contributed by atoms with Crippen LogP contribution < -0.4 is 5.32 Å². The number of carboxylic acid groups (broad SMARTS) is 1. The molecule has 1 heterocycles. The Bertz CT molecular complexity index is 730. The normalized spacial score (nSPS) is 11.9. The number of aromatic carboxylic acids is 1. The van der Waals surface area contributed by atoms with Gasteiger partial charge in [-0.2, -0.15) is 0 Å². The van der Waals surface area contributed by atoms with Crippen molar-refractivity contribution in [1.82, 2.24) is 10.3 Å². The van der Waals surface area contributed by atoms with Crippen LogP contribution in [-0.4, -0.2) is 35.2 Å². The van der Waals surface area contributed by atoms with Crippen molar-refractivity contribution in [2.45, 2.75) is 39.2 Å². The van der Waals surface area contributed by atoms with Crippen molar-refractivity contribution in [2.75, 3.05) is 13.2 Å². The zero-order valence-corrected chi connectivity index (χ0v) is 15.8. The van der Waals surface area contributed by atoms with E-state index in [9.17, 15) is 9.59 Å². The van der Waals surface area contributed by atoms with Crippen molar-refractivity contribution in [2.24, 2.45) is 0 Å². The number of hydrogen-bond donors (Lipinski definition) is 2. The van der Waals surface area contributed by atoms with Gasteiger partial charge in [-0.25, -0.2) is 9.78 Å². The van der Waals surface area contributed by atoms with Crippen molar-refractivity contribution in [3.63, 3.8) is 0 Å². The van der Waals surface area contributed by atoms with Gasteiger partial charge in [-0.15, -0.1) is 11.3 Å². The predicted octanol–water partition coefficient (Wildman–Crippen LogP) is 3.37. The van der Waals surface area contributed by atoms with E-state index in [1.54, 1.807) is 13.8 Å². The molecule has 0 spiro atoms. The van der Waals surface area contributed by atoms with Gasteiger partial charge in [-0.05, 0) is 32.3 Å². The second kappa shape index (κ2) is 10.0. The van der Waals surface area contributed by atoms with Crippen LogP contribution in [0.15, 0.2) is 30.3 Å². The van der Waals surface area contributed by atoms with E-state index in [0.29, 0.717) is 36.8 Å². The fraction of sp³-hybridized carbons (Fsp3) is 0.421. The fourth-order valence-corrected chi connectivity index (χ4v) is 3.36. The molecule has 26 heavy (non-hydrogen) atoms. The second-order valence-electron chi connectivity index (χ2n) is 6.01. The van der Waals surface area contributed by atoms with Gasteiger partial charge in [-0.1, -0.05) is 30.3 Å². The summed E-state index contributed by atoms with van der Waals surface area (Å²) in [5, 5.41) is 12.5. The molecule has 2 aromatic rings. The minimum absolute atomic E-state index is 0.0890. The highest BCUT2D eigenvalue weighted by molar-refractivity contribution is 7.13. The van der Waals surface area contributed by atoms with Crippen LogP contribution in [0.4, 0.5) is 0 Å². The number of aromatic nitrogens is 1. The molecular weight excluding hydrogens is 352 g/mol.